The second-order valence-corrected chi connectivity index (χ2v) is 3.41. The molecule has 2 rings (SSSR count). The van der Waals surface area contributed by atoms with Crippen molar-refractivity contribution in [1.82, 2.24) is 9.78 Å². The molecule has 1 heterocycles. The first-order chi connectivity index (χ1) is 7.93. The van der Waals surface area contributed by atoms with Crippen molar-refractivity contribution in [3.05, 3.63) is 35.5 Å². The van der Waals surface area contributed by atoms with Gasteiger partial charge in [0, 0.05) is 18.2 Å². The van der Waals surface area contributed by atoms with E-state index >= 15 is 0 Å². The molecule has 0 atom stereocenters. The molecular weight excluding hydrogens is 238 g/mol. The number of anilines is 1. The van der Waals surface area contributed by atoms with Gasteiger partial charge in [-0.1, -0.05) is 0 Å². The molecule has 3 nitrogen and oxygen atoms in total. The SMILES string of the molecule is Cn1ncc(-c2cc(F)c(F)c(F)c2F)c1N. The van der Waals surface area contributed by atoms with Crippen molar-refractivity contribution in [2.24, 2.45) is 7.05 Å². The Labute approximate surface area is 93.5 Å². The van der Waals surface area contributed by atoms with Gasteiger partial charge in [-0.15, -0.1) is 0 Å². The number of rotatable bonds is 1. The first kappa shape index (κ1) is 11.4. The number of nitrogen functional groups attached to an aromatic ring is 1. The Morgan fingerprint density at radius 2 is 1.71 bits per heavy atom. The lowest BCUT2D eigenvalue weighted by molar-refractivity contribution is 0.411. The molecule has 0 bridgehead atoms. The third-order valence-corrected chi connectivity index (χ3v) is 2.38. The molecule has 7 heteroatoms. The normalized spacial score (nSPS) is 10.9. The number of hydrogen-bond acceptors (Lipinski definition) is 2. The van der Waals surface area contributed by atoms with Crippen LogP contribution in [0.1, 0.15) is 0 Å². The van der Waals surface area contributed by atoms with Crippen molar-refractivity contribution in [3.8, 4) is 11.1 Å². The van der Waals surface area contributed by atoms with Gasteiger partial charge in [-0.3, -0.25) is 4.68 Å². The topological polar surface area (TPSA) is 43.8 Å². The minimum Gasteiger partial charge on any atom is -0.383 e. The molecule has 0 saturated carbocycles. The van der Waals surface area contributed by atoms with Gasteiger partial charge in [-0.2, -0.15) is 5.10 Å². The average molecular weight is 245 g/mol. The fourth-order valence-corrected chi connectivity index (χ4v) is 1.42. The summed E-state index contributed by atoms with van der Waals surface area (Å²) in [5.41, 5.74) is 5.07. The molecule has 2 N–H and O–H groups in total. The van der Waals surface area contributed by atoms with Crippen LogP contribution >= 0.6 is 0 Å². The standard InChI is InChI=1S/C10H7F4N3/c1-17-10(15)5(3-16-17)4-2-6(11)8(13)9(14)7(4)12/h2-3H,15H2,1H3. The first-order valence-corrected chi connectivity index (χ1v) is 4.54. The fourth-order valence-electron chi connectivity index (χ4n) is 1.42. The summed E-state index contributed by atoms with van der Waals surface area (Å²) in [4.78, 5) is 0. The van der Waals surface area contributed by atoms with E-state index in [1.807, 2.05) is 0 Å². The van der Waals surface area contributed by atoms with E-state index < -0.39 is 28.8 Å². The quantitative estimate of drug-likeness (QED) is 0.475. The highest BCUT2D eigenvalue weighted by Gasteiger charge is 2.22. The molecule has 0 saturated heterocycles. The Hall–Kier alpha value is -2.05. The minimum absolute atomic E-state index is 0.00259. The lowest BCUT2D eigenvalue weighted by Gasteiger charge is -2.05. The van der Waals surface area contributed by atoms with E-state index in [0.717, 1.165) is 6.20 Å². The maximum absolute atomic E-state index is 13.4. The number of aryl methyl sites for hydroxylation is 1. The number of benzene rings is 1. The number of hydrogen-bond donors (Lipinski definition) is 1. The summed E-state index contributed by atoms with van der Waals surface area (Å²) in [6.45, 7) is 0. The summed E-state index contributed by atoms with van der Waals surface area (Å²) in [6.07, 6.45) is 1.14. The van der Waals surface area contributed by atoms with Crippen molar-refractivity contribution in [1.29, 1.82) is 0 Å². The van der Waals surface area contributed by atoms with Gasteiger partial charge < -0.3 is 5.73 Å². The second-order valence-electron chi connectivity index (χ2n) is 3.41. The van der Waals surface area contributed by atoms with E-state index in [0.29, 0.717) is 6.07 Å². The molecule has 1 aromatic heterocycles. The third kappa shape index (κ3) is 1.63. The first-order valence-electron chi connectivity index (χ1n) is 4.54. The molecular formula is C10H7F4N3. The van der Waals surface area contributed by atoms with E-state index in [4.69, 9.17) is 5.73 Å². The number of nitrogens with two attached hydrogens (primary N) is 1. The highest BCUT2D eigenvalue weighted by Crippen LogP contribution is 2.30. The zero-order valence-corrected chi connectivity index (χ0v) is 8.64. The molecule has 0 fully saturated rings. The monoisotopic (exact) mass is 245 g/mol. The predicted molar refractivity (Wildman–Crippen MR) is 52.9 cm³/mol. The van der Waals surface area contributed by atoms with Gasteiger partial charge in [0.2, 0.25) is 0 Å². The molecule has 0 aliphatic carbocycles. The van der Waals surface area contributed by atoms with E-state index in [1.165, 1.54) is 11.7 Å². The zero-order chi connectivity index (χ0) is 12.7. The third-order valence-electron chi connectivity index (χ3n) is 2.38. The Bertz CT molecular complexity index is 592. The molecule has 0 aliphatic heterocycles. The van der Waals surface area contributed by atoms with Gasteiger partial charge in [0.05, 0.1) is 6.20 Å². The maximum atomic E-state index is 13.4. The second kappa shape index (κ2) is 3.76. The summed E-state index contributed by atoms with van der Waals surface area (Å²) >= 11 is 0. The molecule has 2 aromatic rings. The van der Waals surface area contributed by atoms with Crippen molar-refractivity contribution in [3.63, 3.8) is 0 Å². The zero-order valence-electron chi connectivity index (χ0n) is 8.64. The van der Waals surface area contributed by atoms with Gasteiger partial charge in [0.15, 0.2) is 23.3 Å². The van der Waals surface area contributed by atoms with Gasteiger partial charge in [-0.05, 0) is 6.07 Å². The Balaban J connectivity index is 2.73. The van der Waals surface area contributed by atoms with Crippen molar-refractivity contribution < 1.29 is 17.6 Å². The summed E-state index contributed by atoms with van der Waals surface area (Å²) in [5, 5.41) is 3.70. The molecule has 0 radical (unpaired) electrons. The summed E-state index contributed by atoms with van der Waals surface area (Å²) < 4.78 is 53.4. The largest absolute Gasteiger partial charge is 0.383 e. The summed E-state index contributed by atoms with van der Waals surface area (Å²) in [5.74, 6) is -6.68. The summed E-state index contributed by atoms with van der Waals surface area (Å²) in [6, 6.07) is 0.543. The lowest BCUT2D eigenvalue weighted by atomic mass is 10.1. The molecule has 0 unspecified atom stereocenters. The minimum atomic E-state index is -1.87. The average Bonchev–Trinajstić information content (AvgIpc) is 2.62. The van der Waals surface area contributed by atoms with E-state index in [9.17, 15) is 17.6 Å². The highest BCUT2D eigenvalue weighted by atomic mass is 19.2. The van der Waals surface area contributed by atoms with Crippen LogP contribution < -0.4 is 5.73 Å². The number of nitrogens with zero attached hydrogens (tertiary/aromatic N) is 2. The summed E-state index contributed by atoms with van der Waals surface area (Å²) in [7, 11) is 1.48. The van der Waals surface area contributed by atoms with Crippen LogP contribution in [0.3, 0.4) is 0 Å². The van der Waals surface area contributed by atoms with Crippen LogP contribution in [0.5, 0.6) is 0 Å². The number of halogens is 4. The van der Waals surface area contributed by atoms with E-state index in [2.05, 4.69) is 5.10 Å². The fraction of sp³-hybridized carbons (Fsp3) is 0.100. The van der Waals surface area contributed by atoms with E-state index in [1.54, 1.807) is 0 Å². The van der Waals surface area contributed by atoms with Gasteiger partial charge in [-0.25, -0.2) is 17.6 Å². The Morgan fingerprint density at radius 3 is 2.24 bits per heavy atom. The van der Waals surface area contributed by atoms with Crippen molar-refractivity contribution >= 4 is 5.82 Å². The van der Waals surface area contributed by atoms with Crippen LogP contribution in [0.15, 0.2) is 12.3 Å². The van der Waals surface area contributed by atoms with Crippen LogP contribution in [-0.2, 0) is 7.05 Å². The van der Waals surface area contributed by atoms with Gasteiger partial charge in [0.25, 0.3) is 0 Å². The molecule has 17 heavy (non-hydrogen) atoms. The molecule has 0 amide bonds. The predicted octanol–water partition coefficient (Wildman–Crippen LogP) is 2.23. The van der Waals surface area contributed by atoms with Crippen LogP contribution in [0.2, 0.25) is 0 Å². The Kier molecular flexibility index (Phi) is 2.53. The molecule has 90 valence electrons. The maximum Gasteiger partial charge on any atom is 0.198 e. The molecule has 0 spiro atoms. The van der Waals surface area contributed by atoms with Crippen molar-refractivity contribution in [2.75, 3.05) is 5.73 Å². The van der Waals surface area contributed by atoms with Gasteiger partial charge in [0.1, 0.15) is 5.82 Å². The van der Waals surface area contributed by atoms with Crippen LogP contribution in [-0.4, -0.2) is 9.78 Å². The Morgan fingerprint density at radius 1 is 1.06 bits per heavy atom. The van der Waals surface area contributed by atoms with Crippen LogP contribution in [0, 0.1) is 23.3 Å². The van der Waals surface area contributed by atoms with Crippen LogP contribution in [0.25, 0.3) is 11.1 Å². The van der Waals surface area contributed by atoms with E-state index in [-0.39, 0.29) is 11.4 Å². The molecule has 0 aliphatic rings. The molecule has 1 aromatic carbocycles. The van der Waals surface area contributed by atoms with Gasteiger partial charge >= 0.3 is 0 Å². The lowest BCUT2D eigenvalue weighted by Crippen LogP contribution is -2.01. The highest BCUT2D eigenvalue weighted by molar-refractivity contribution is 5.74. The van der Waals surface area contributed by atoms with Crippen molar-refractivity contribution in [2.45, 2.75) is 0 Å². The number of aromatic nitrogens is 2. The van der Waals surface area contributed by atoms with Crippen LogP contribution in [0.4, 0.5) is 23.4 Å². The smallest absolute Gasteiger partial charge is 0.198 e.